The number of para-hydroxylation sites is 1. The largest absolute Gasteiger partial charge is 0.573 e. The van der Waals surface area contributed by atoms with Crippen LogP contribution in [-0.4, -0.2) is 16.3 Å². The van der Waals surface area contributed by atoms with Gasteiger partial charge >= 0.3 is 6.36 Å². The van der Waals surface area contributed by atoms with Gasteiger partial charge in [-0.05, 0) is 24.3 Å². The fourth-order valence-corrected chi connectivity index (χ4v) is 2.17. The van der Waals surface area contributed by atoms with Crippen LogP contribution in [0, 0.1) is 11.6 Å². The van der Waals surface area contributed by atoms with Crippen molar-refractivity contribution in [3.8, 4) is 17.1 Å². The maximum atomic E-state index is 14.0. The molecule has 0 aliphatic rings. The monoisotopic (exact) mass is 342 g/mol. The summed E-state index contributed by atoms with van der Waals surface area (Å²) in [6.45, 7) is 0. The zero-order valence-corrected chi connectivity index (χ0v) is 11.6. The van der Waals surface area contributed by atoms with Gasteiger partial charge in [0.05, 0.1) is 16.5 Å². The second-order valence-corrected chi connectivity index (χ2v) is 4.71. The minimum atomic E-state index is -5.25. The molecular formula is C15H7F5N2O2. The van der Waals surface area contributed by atoms with Gasteiger partial charge in [-0.15, -0.1) is 13.2 Å². The smallest absolute Gasteiger partial charge is 0.402 e. The molecule has 0 amide bonds. The molecule has 0 radical (unpaired) electrons. The molecule has 0 aliphatic heterocycles. The van der Waals surface area contributed by atoms with E-state index < -0.39 is 40.7 Å². The van der Waals surface area contributed by atoms with Gasteiger partial charge < -0.3 is 9.72 Å². The number of aromatic amines is 1. The Morgan fingerprint density at radius 3 is 2.38 bits per heavy atom. The summed E-state index contributed by atoms with van der Waals surface area (Å²) in [5.41, 5.74) is -1.52. The van der Waals surface area contributed by atoms with Crippen LogP contribution in [0.15, 0.2) is 41.2 Å². The molecule has 1 aromatic heterocycles. The number of nitrogens with zero attached hydrogens (tertiary/aromatic N) is 1. The summed E-state index contributed by atoms with van der Waals surface area (Å²) in [7, 11) is 0. The van der Waals surface area contributed by atoms with E-state index in [1.54, 1.807) is 6.07 Å². The first kappa shape index (κ1) is 15.9. The van der Waals surface area contributed by atoms with E-state index in [2.05, 4.69) is 14.7 Å². The molecule has 4 nitrogen and oxygen atoms in total. The summed E-state index contributed by atoms with van der Waals surface area (Å²) >= 11 is 0. The van der Waals surface area contributed by atoms with Gasteiger partial charge in [0, 0.05) is 0 Å². The summed E-state index contributed by atoms with van der Waals surface area (Å²) in [6, 6.07) is 7.03. The van der Waals surface area contributed by atoms with Crippen molar-refractivity contribution in [3.05, 3.63) is 58.4 Å². The molecule has 0 saturated heterocycles. The van der Waals surface area contributed by atoms with E-state index in [4.69, 9.17) is 0 Å². The van der Waals surface area contributed by atoms with Crippen LogP contribution in [0.2, 0.25) is 0 Å². The molecule has 0 atom stereocenters. The highest BCUT2D eigenvalue weighted by Crippen LogP contribution is 2.36. The maximum absolute atomic E-state index is 14.0. The van der Waals surface area contributed by atoms with Gasteiger partial charge in [-0.1, -0.05) is 12.1 Å². The second kappa shape index (κ2) is 5.59. The molecule has 1 N–H and O–H groups in total. The first-order chi connectivity index (χ1) is 11.3. The standard InChI is InChI=1S/C15H7F5N2O2/c16-8-5-6-9(17)12(24-15(18,19)20)11(8)13-21-10-4-2-1-3-7(10)14(23)22-13/h1-6H,(H,21,22,23). The van der Waals surface area contributed by atoms with Crippen LogP contribution in [0.25, 0.3) is 22.3 Å². The Balaban J connectivity index is 2.30. The van der Waals surface area contributed by atoms with Crippen LogP contribution in [0.1, 0.15) is 0 Å². The molecule has 0 saturated carbocycles. The number of fused-ring (bicyclic) bond motifs is 1. The fraction of sp³-hybridized carbons (Fsp3) is 0.0667. The minimum absolute atomic E-state index is 0.109. The van der Waals surface area contributed by atoms with Gasteiger partial charge in [-0.2, -0.15) is 0 Å². The number of H-pyrrole nitrogens is 1. The van der Waals surface area contributed by atoms with Gasteiger partial charge in [0.25, 0.3) is 5.56 Å². The summed E-state index contributed by atoms with van der Waals surface area (Å²) < 4.78 is 68.8. The molecule has 0 aliphatic carbocycles. The summed E-state index contributed by atoms with van der Waals surface area (Å²) in [6.07, 6.45) is -5.25. The third kappa shape index (κ3) is 2.92. The van der Waals surface area contributed by atoms with E-state index in [9.17, 15) is 26.7 Å². The number of hydrogen-bond acceptors (Lipinski definition) is 3. The number of alkyl halides is 3. The van der Waals surface area contributed by atoms with Crippen LogP contribution >= 0.6 is 0 Å². The maximum Gasteiger partial charge on any atom is 0.573 e. The Morgan fingerprint density at radius 2 is 1.67 bits per heavy atom. The predicted molar refractivity (Wildman–Crippen MR) is 74.4 cm³/mol. The molecule has 0 unspecified atom stereocenters. The Kier molecular flexibility index (Phi) is 3.70. The average molecular weight is 342 g/mol. The first-order valence-electron chi connectivity index (χ1n) is 6.49. The van der Waals surface area contributed by atoms with Crippen LogP contribution < -0.4 is 10.3 Å². The number of aromatic nitrogens is 2. The third-order valence-corrected chi connectivity index (χ3v) is 3.13. The van der Waals surface area contributed by atoms with Gasteiger partial charge in [0.2, 0.25) is 0 Å². The van der Waals surface area contributed by atoms with Crippen molar-refractivity contribution in [3.63, 3.8) is 0 Å². The van der Waals surface area contributed by atoms with Crippen molar-refractivity contribution in [2.45, 2.75) is 6.36 Å². The van der Waals surface area contributed by atoms with Gasteiger partial charge in [0.1, 0.15) is 11.6 Å². The topological polar surface area (TPSA) is 55.0 Å². The van der Waals surface area contributed by atoms with Gasteiger partial charge in [-0.25, -0.2) is 13.8 Å². The van der Waals surface area contributed by atoms with E-state index in [1.165, 1.54) is 18.2 Å². The summed E-state index contributed by atoms with van der Waals surface area (Å²) in [4.78, 5) is 18.0. The van der Waals surface area contributed by atoms with Crippen LogP contribution in [0.5, 0.6) is 5.75 Å². The van der Waals surface area contributed by atoms with E-state index in [1.807, 2.05) is 0 Å². The summed E-state index contributed by atoms with van der Waals surface area (Å²) in [5, 5.41) is 0.149. The van der Waals surface area contributed by atoms with Crippen molar-refractivity contribution in [2.24, 2.45) is 0 Å². The number of ether oxygens (including phenoxy) is 1. The Labute approximate surface area is 130 Å². The summed E-state index contributed by atoms with van der Waals surface area (Å²) in [5.74, 6) is -4.65. The third-order valence-electron chi connectivity index (χ3n) is 3.13. The molecule has 3 aromatic rings. The molecule has 0 spiro atoms. The van der Waals surface area contributed by atoms with Crippen molar-refractivity contribution >= 4 is 10.9 Å². The van der Waals surface area contributed by atoms with E-state index in [0.29, 0.717) is 12.1 Å². The molecule has 2 aromatic carbocycles. The second-order valence-electron chi connectivity index (χ2n) is 4.71. The fourth-order valence-electron chi connectivity index (χ4n) is 2.17. The highest BCUT2D eigenvalue weighted by Gasteiger charge is 2.35. The Morgan fingerprint density at radius 1 is 1.00 bits per heavy atom. The van der Waals surface area contributed by atoms with Crippen LogP contribution in [-0.2, 0) is 0 Å². The Bertz CT molecular complexity index is 982. The highest BCUT2D eigenvalue weighted by molar-refractivity contribution is 5.80. The molecule has 3 rings (SSSR count). The zero-order valence-electron chi connectivity index (χ0n) is 11.6. The normalized spacial score (nSPS) is 11.7. The van der Waals surface area contributed by atoms with Gasteiger partial charge in [-0.3, -0.25) is 4.79 Å². The van der Waals surface area contributed by atoms with Crippen molar-refractivity contribution in [1.29, 1.82) is 0 Å². The van der Waals surface area contributed by atoms with E-state index in [0.717, 1.165) is 0 Å². The quantitative estimate of drug-likeness (QED) is 0.722. The number of halogens is 5. The molecule has 1 heterocycles. The van der Waals surface area contributed by atoms with Crippen LogP contribution in [0.4, 0.5) is 22.0 Å². The highest BCUT2D eigenvalue weighted by atomic mass is 19.4. The molecule has 0 bridgehead atoms. The predicted octanol–water partition coefficient (Wildman–Crippen LogP) is 3.77. The Hall–Kier alpha value is -2.97. The number of hydrogen-bond donors (Lipinski definition) is 1. The molecule has 124 valence electrons. The lowest BCUT2D eigenvalue weighted by atomic mass is 10.1. The lowest BCUT2D eigenvalue weighted by Gasteiger charge is -2.14. The van der Waals surface area contributed by atoms with Crippen molar-refractivity contribution in [1.82, 2.24) is 9.97 Å². The van der Waals surface area contributed by atoms with Crippen molar-refractivity contribution < 1.29 is 26.7 Å². The lowest BCUT2D eigenvalue weighted by Crippen LogP contribution is -2.19. The van der Waals surface area contributed by atoms with E-state index in [-0.39, 0.29) is 10.9 Å². The average Bonchev–Trinajstić information content (AvgIpc) is 2.50. The number of benzene rings is 2. The molecular weight excluding hydrogens is 335 g/mol. The van der Waals surface area contributed by atoms with Crippen molar-refractivity contribution in [2.75, 3.05) is 0 Å². The minimum Gasteiger partial charge on any atom is -0.402 e. The van der Waals surface area contributed by atoms with E-state index >= 15 is 0 Å². The lowest BCUT2D eigenvalue weighted by molar-refractivity contribution is -0.275. The number of rotatable bonds is 2. The van der Waals surface area contributed by atoms with Crippen LogP contribution in [0.3, 0.4) is 0 Å². The molecule has 9 heteroatoms. The molecule has 0 fully saturated rings. The van der Waals surface area contributed by atoms with Gasteiger partial charge in [0.15, 0.2) is 11.6 Å². The SMILES string of the molecule is O=c1[nH]c(-c2c(F)ccc(F)c2OC(F)(F)F)nc2ccccc12. The molecule has 24 heavy (non-hydrogen) atoms. The number of nitrogens with one attached hydrogen (secondary N) is 1. The first-order valence-corrected chi connectivity index (χ1v) is 6.49. The zero-order chi connectivity index (χ0) is 17.5.